The lowest BCUT2D eigenvalue weighted by Crippen LogP contribution is -2.47. The highest BCUT2D eigenvalue weighted by atomic mass is 16.4. The molecule has 2 aromatic rings. The summed E-state index contributed by atoms with van der Waals surface area (Å²) in [6.07, 6.45) is 5.88. The number of hydrogen-bond acceptors (Lipinski definition) is 5. The van der Waals surface area contributed by atoms with Crippen LogP contribution in [0.2, 0.25) is 0 Å². The van der Waals surface area contributed by atoms with Crippen molar-refractivity contribution in [3.63, 3.8) is 0 Å². The Morgan fingerprint density at radius 1 is 1.13 bits per heavy atom. The van der Waals surface area contributed by atoms with Crippen molar-refractivity contribution in [1.82, 2.24) is 19.7 Å². The van der Waals surface area contributed by atoms with Gasteiger partial charge in [0.05, 0.1) is 24.1 Å². The van der Waals surface area contributed by atoms with Gasteiger partial charge in [-0.1, -0.05) is 20.8 Å². The molecule has 0 saturated carbocycles. The number of nitrogens with zero attached hydrogens (tertiary/aromatic N) is 5. The van der Waals surface area contributed by atoms with Crippen LogP contribution in [0.15, 0.2) is 23.0 Å². The van der Waals surface area contributed by atoms with Crippen molar-refractivity contribution in [2.75, 3.05) is 31.1 Å². The molecule has 6 heteroatoms. The maximum absolute atomic E-state index is 6.00. The van der Waals surface area contributed by atoms with Crippen molar-refractivity contribution in [3.05, 3.63) is 30.2 Å². The minimum absolute atomic E-state index is 0.00395. The molecule has 0 aliphatic carbocycles. The van der Waals surface area contributed by atoms with Gasteiger partial charge in [0.1, 0.15) is 5.76 Å². The lowest BCUT2D eigenvalue weighted by atomic mass is 9.94. The van der Waals surface area contributed by atoms with Gasteiger partial charge in [0, 0.05) is 44.8 Å². The van der Waals surface area contributed by atoms with Crippen LogP contribution in [0.5, 0.6) is 0 Å². The summed E-state index contributed by atoms with van der Waals surface area (Å²) in [7, 11) is 1.96. The summed E-state index contributed by atoms with van der Waals surface area (Å²) >= 11 is 0. The molecular formula is C17H27N5O. The van der Waals surface area contributed by atoms with Crippen LogP contribution >= 0.6 is 0 Å². The van der Waals surface area contributed by atoms with Crippen molar-refractivity contribution in [2.45, 2.75) is 39.2 Å². The Hall–Kier alpha value is -1.82. The summed E-state index contributed by atoms with van der Waals surface area (Å²) in [6.45, 7) is 12.6. The third kappa shape index (κ3) is 3.42. The molecule has 1 saturated heterocycles. The number of rotatable bonds is 3. The highest BCUT2D eigenvalue weighted by molar-refractivity contribution is 5.42. The van der Waals surface area contributed by atoms with E-state index in [0.29, 0.717) is 0 Å². The minimum Gasteiger partial charge on any atom is -0.443 e. The Labute approximate surface area is 138 Å². The molecule has 6 nitrogen and oxygen atoms in total. The smallest absolute Gasteiger partial charge is 0.211 e. The minimum atomic E-state index is 0.00395. The van der Waals surface area contributed by atoms with E-state index >= 15 is 0 Å². The lowest BCUT2D eigenvalue weighted by molar-refractivity contribution is 0.169. The van der Waals surface area contributed by atoms with Crippen LogP contribution in [0.1, 0.15) is 45.4 Å². The molecule has 1 fully saturated rings. The second kappa shape index (κ2) is 6.00. The van der Waals surface area contributed by atoms with Crippen molar-refractivity contribution in [3.8, 4) is 0 Å². The fourth-order valence-electron chi connectivity index (χ4n) is 2.92. The monoisotopic (exact) mass is 317 g/mol. The van der Waals surface area contributed by atoms with Crippen LogP contribution in [0.4, 0.5) is 5.69 Å². The largest absolute Gasteiger partial charge is 0.443 e. The summed E-state index contributed by atoms with van der Waals surface area (Å²) in [5, 5.41) is 4.26. The standard InChI is InChI=1S/C17H27N5O/c1-13(16-18-11-15(23-16)17(2,3)4)21-6-8-22(9-7-21)14-10-19-20(5)12-14/h10-13H,6-9H2,1-5H3/t13-/m1/s1. The second-order valence-corrected chi connectivity index (χ2v) is 7.38. The van der Waals surface area contributed by atoms with E-state index in [-0.39, 0.29) is 11.5 Å². The molecule has 3 rings (SSSR count). The first-order valence-electron chi connectivity index (χ1n) is 8.28. The summed E-state index contributed by atoms with van der Waals surface area (Å²) in [5.41, 5.74) is 1.20. The zero-order chi connectivity index (χ0) is 16.6. The van der Waals surface area contributed by atoms with Crippen molar-refractivity contribution in [2.24, 2.45) is 7.05 Å². The quantitative estimate of drug-likeness (QED) is 0.871. The molecule has 0 spiro atoms. The van der Waals surface area contributed by atoms with Gasteiger partial charge in [-0.05, 0) is 6.92 Å². The SMILES string of the molecule is C[C@H](c1ncc(C(C)(C)C)o1)N1CCN(c2cnn(C)c2)CC1. The first-order chi connectivity index (χ1) is 10.8. The first kappa shape index (κ1) is 16.1. The fraction of sp³-hybridized carbons (Fsp3) is 0.647. The lowest BCUT2D eigenvalue weighted by Gasteiger charge is -2.37. The van der Waals surface area contributed by atoms with E-state index < -0.39 is 0 Å². The summed E-state index contributed by atoms with van der Waals surface area (Å²) in [5.74, 6) is 1.78. The van der Waals surface area contributed by atoms with E-state index in [1.165, 1.54) is 5.69 Å². The third-order valence-corrected chi connectivity index (χ3v) is 4.54. The number of aryl methyl sites for hydroxylation is 1. The van der Waals surface area contributed by atoms with Gasteiger partial charge in [-0.25, -0.2) is 4.98 Å². The zero-order valence-corrected chi connectivity index (χ0v) is 14.8. The van der Waals surface area contributed by atoms with Gasteiger partial charge in [-0.3, -0.25) is 9.58 Å². The molecule has 1 aliphatic rings. The third-order valence-electron chi connectivity index (χ3n) is 4.54. The van der Waals surface area contributed by atoms with Gasteiger partial charge in [0.25, 0.3) is 0 Å². The normalized spacial score (nSPS) is 18.4. The molecule has 2 aromatic heterocycles. The molecule has 126 valence electrons. The number of hydrogen-bond donors (Lipinski definition) is 0. The molecule has 0 unspecified atom stereocenters. The fourth-order valence-corrected chi connectivity index (χ4v) is 2.92. The van der Waals surface area contributed by atoms with Gasteiger partial charge in [-0.15, -0.1) is 0 Å². The van der Waals surface area contributed by atoms with E-state index in [9.17, 15) is 0 Å². The Kier molecular flexibility index (Phi) is 4.19. The zero-order valence-electron chi connectivity index (χ0n) is 14.8. The first-order valence-corrected chi connectivity index (χ1v) is 8.28. The van der Waals surface area contributed by atoms with Crippen LogP contribution < -0.4 is 4.90 Å². The van der Waals surface area contributed by atoms with E-state index in [1.807, 2.05) is 24.1 Å². The highest BCUT2D eigenvalue weighted by Gasteiger charge is 2.27. The van der Waals surface area contributed by atoms with Crippen LogP contribution in [0.3, 0.4) is 0 Å². The van der Waals surface area contributed by atoms with Crippen LogP contribution in [-0.4, -0.2) is 45.8 Å². The van der Waals surface area contributed by atoms with Crippen LogP contribution in [0.25, 0.3) is 0 Å². The van der Waals surface area contributed by atoms with Crippen molar-refractivity contribution in [1.29, 1.82) is 0 Å². The molecule has 0 amide bonds. The number of aromatic nitrogens is 3. The summed E-state index contributed by atoms with van der Waals surface area (Å²) < 4.78 is 7.85. The van der Waals surface area contributed by atoms with Gasteiger partial charge in [0.15, 0.2) is 0 Å². The number of piperazine rings is 1. The Bertz CT molecular complexity index is 646. The average molecular weight is 317 g/mol. The molecule has 0 N–H and O–H groups in total. The molecule has 1 atom stereocenters. The van der Waals surface area contributed by atoms with Gasteiger partial charge >= 0.3 is 0 Å². The van der Waals surface area contributed by atoms with Crippen LogP contribution in [-0.2, 0) is 12.5 Å². The molecular weight excluding hydrogens is 290 g/mol. The maximum atomic E-state index is 6.00. The average Bonchev–Trinajstić information content (AvgIpc) is 3.15. The number of oxazole rings is 1. The molecule has 23 heavy (non-hydrogen) atoms. The topological polar surface area (TPSA) is 50.3 Å². The van der Waals surface area contributed by atoms with Gasteiger partial charge in [-0.2, -0.15) is 5.10 Å². The molecule has 0 aromatic carbocycles. The molecule has 1 aliphatic heterocycles. The Morgan fingerprint density at radius 2 is 1.83 bits per heavy atom. The second-order valence-electron chi connectivity index (χ2n) is 7.38. The van der Waals surface area contributed by atoms with E-state index in [2.05, 4.69) is 53.8 Å². The van der Waals surface area contributed by atoms with E-state index in [0.717, 1.165) is 37.8 Å². The predicted octanol–water partition coefficient (Wildman–Crippen LogP) is 2.59. The molecule has 0 radical (unpaired) electrons. The maximum Gasteiger partial charge on any atom is 0.211 e. The van der Waals surface area contributed by atoms with E-state index in [4.69, 9.17) is 4.42 Å². The Balaban J connectivity index is 1.62. The van der Waals surface area contributed by atoms with Gasteiger partial charge in [0.2, 0.25) is 5.89 Å². The summed E-state index contributed by atoms with van der Waals surface area (Å²) in [6, 6.07) is 0.210. The van der Waals surface area contributed by atoms with Crippen LogP contribution in [0, 0.1) is 0 Å². The predicted molar refractivity (Wildman–Crippen MR) is 90.6 cm³/mol. The molecule has 3 heterocycles. The highest BCUT2D eigenvalue weighted by Crippen LogP contribution is 2.28. The van der Waals surface area contributed by atoms with Gasteiger partial charge < -0.3 is 9.32 Å². The molecule has 0 bridgehead atoms. The Morgan fingerprint density at radius 3 is 2.35 bits per heavy atom. The van der Waals surface area contributed by atoms with Crippen molar-refractivity contribution < 1.29 is 4.42 Å². The summed E-state index contributed by atoms with van der Waals surface area (Å²) in [4.78, 5) is 9.32. The number of anilines is 1. The van der Waals surface area contributed by atoms with Crippen molar-refractivity contribution >= 4 is 5.69 Å². The van der Waals surface area contributed by atoms with E-state index in [1.54, 1.807) is 0 Å².